The number of carbonyl (C=O) groups is 1. The first-order valence-electron chi connectivity index (χ1n) is 15.2. The summed E-state index contributed by atoms with van der Waals surface area (Å²) in [7, 11) is 2.60. The molecule has 0 amide bonds. The molecule has 1 aliphatic rings. The predicted molar refractivity (Wildman–Crippen MR) is 166 cm³/mol. The van der Waals surface area contributed by atoms with Crippen molar-refractivity contribution >= 4 is 5.97 Å². The van der Waals surface area contributed by atoms with Gasteiger partial charge in [0.2, 0.25) is 6.41 Å². The van der Waals surface area contributed by atoms with Gasteiger partial charge < -0.3 is 19.3 Å². The summed E-state index contributed by atoms with van der Waals surface area (Å²) in [6, 6.07) is 12.5. The SMILES string of the molecule is COC(=O)c1ccc(-c2ccc(OC)c(-c3ccc(C(F)(F)F)cc3CN3C(O)O[C@H](c4cc(C(F)(F)F)cc(C(F)(F)F)c4)[C@@H]3C)c2)c(C)c1. The van der Waals surface area contributed by atoms with E-state index in [2.05, 4.69) is 0 Å². The molecule has 0 radical (unpaired) electrons. The maximum Gasteiger partial charge on any atom is 0.416 e. The van der Waals surface area contributed by atoms with E-state index in [0.717, 1.165) is 17.0 Å². The van der Waals surface area contributed by atoms with E-state index in [4.69, 9.17) is 14.2 Å². The number of alkyl halides is 9. The average Bonchev–Trinajstić information content (AvgIpc) is 3.34. The van der Waals surface area contributed by atoms with Gasteiger partial charge in [-0.3, -0.25) is 0 Å². The first-order valence-corrected chi connectivity index (χ1v) is 15.2. The molecular formula is C36H30F9NO5. The van der Waals surface area contributed by atoms with Gasteiger partial charge in [-0.25, -0.2) is 9.69 Å². The van der Waals surface area contributed by atoms with Crippen LogP contribution in [0.25, 0.3) is 22.3 Å². The predicted octanol–water partition coefficient (Wildman–Crippen LogP) is 9.42. The molecule has 1 saturated heterocycles. The first-order chi connectivity index (χ1) is 23.7. The Kier molecular flexibility index (Phi) is 10.2. The third-order valence-electron chi connectivity index (χ3n) is 8.69. The van der Waals surface area contributed by atoms with Crippen LogP contribution in [0.3, 0.4) is 0 Å². The van der Waals surface area contributed by atoms with E-state index in [1.807, 2.05) is 0 Å². The molecular weight excluding hydrogens is 697 g/mol. The van der Waals surface area contributed by atoms with Gasteiger partial charge in [-0.2, -0.15) is 39.5 Å². The van der Waals surface area contributed by atoms with E-state index in [1.54, 1.807) is 43.3 Å². The van der Waals surface area contributed by atoms with Crippen LogP contribution in [-0.4, -0.2) is 42.7 Å². The molecule has 3 atom stereocenters. The molecule has 6 nitrogen and oxygen atoms in total. The van der Waals surface area contributed by atoms with Crippen molar-refractivity contribution in [1.82, 2.24) is 4.90 Å². The molecule has 15 heteroatoms. The summed E-state index contributed by atoms with van der Waals surface area (Å²) in [5, 5.41) is 10.9. The van der Waals surface area contributed by atoms with Crippen molar-refractivity contribution in [2.24, 2.45) is 0 Å². The number of hydrogen-bond acceptors (Lipinski definition) is 6. The lowest BCUT2D eigenvalue weighted by Crippen LogP contribution is -2.35. The van der Waals surface area contributed by atoms with Gasteiger partial charge in [-0.05, 0) is 102 Å². The van der Waals surface area contributed by atoms with Crippen LogP contribution in [0.2, 0.25) is 0 Å². The number of benzene rings is 4. The number of methoxy groups -OCH3 is 2. The smallest absolute Gasteiger partial charge is 0.416 e. The van der Waals surface area contributed by atoms with Crippen molar-refractivity contribution in [3.8, 4) is 28.0 Å². The van der Waals surface area contributed by atoms with Gasteiger partial charge in [-0.15, -0.1) is 0 Å². The molecule has 1 aliphatic heterocycles. The minimum Gasteiger partial charge on any atom is -0.496 e. The molecule has 0 bridgehead atoms. The van der Waals surface area contributed by atoms with Gasteiger partial charge in [0.1, 0.15) is 11.9 Å². The Morgan fingerprint density at radius 1 is 0.765 bits per heavy atom. The summed E-state index contributed by atoms with van der Waals surface area (Å²) in [6.45, 7) is 2.65. The Hall–Kier alpha value is -4.60. The number of rotatable bonds is 7. The maximum atomic E-state index is 14.0. The summed E-state index contributed by atoms with van der Waals surface area (Å²) < 4.78 is 139. The number of ether oxygens (including phenoxy) is 3. The molecule has 1 fully saturated rings. The summed E-state index contributed by atoms with van der Waals surface area (Å²) in [5.74, 6) is -0.288. The van der Waals surface area contributed by atoms with Crippen molar-refractivity contribution in [2.75, 3.05) is 14.2 Å². The number of carbonyl (C=O) groups excluding carboxylic acids is 1. The molecule has 0 spiro atoms. The molecule has 1 N–H and O–H groups in total. The Labute approximate surface area is 286 Å². The number of aliphatic hydroxyl groups excluding tert-OH is 1. The van der Waals surface area contributed by atoms with Crippen LogP contribution in [0.15, 0.2) is 72.8 Å². The lowest BCUT2D eigenvalue weighted by molar-refractivity contribution is -0.154. The maximum absolute atomic E-state index is 14.0. The van der Waals surface area contributed by atoms with Crippen LogP contribution in [0.5, 0.6) is 5.75 Å². The van der Waals surface area contributed by atoms with E-state index in [-0.39, 0.29) is 22.9 Å². The van der Waals surface area contributed by atoms with Crippen molar-refractivity contribution in [2.45, 2.75) is 57.5 Å². The van der Waals surface area contributed by atoms with Crippen LogP contribution in [0.1, 0.15) is 56.8 Å². The third kappa shape index (κ3) is 7.85. The normalized spacial score (nSPS) is 18.6. The molecule has 51 heavy (non-hydrogen) atoms. The number of hydrogen-bond donors (Lipinski definition) is 1. The molecule has 0 aromatic heterocycles. The molecule has 1 unspecified atom stereocenters. The first kappa shape index (κ1) is 37.7. The molecule has 5 rings (SSSR count). The summed E-state index contributed by atoms with van der Waals surface area (Å²) in [4.78, 5) is 13.2. The highest BCUT2D eigenvalue weighted by Crippen LogP contribution is 2.44. The van der Waals surface area contributed by atoms with Crippen LogP contribution in [0.4, 0.5) is 39.5 Å². The Morgan fingerprint density at radius 2 is 1.37 bits per heavy atom. The van der Waals surface area contributed by atoms with Gasteiger partial charge in [0.05, 0.1) is 36.5 Å². The number of halogens is 9. The minimum absolute atomic E-state index is 0.00629. The third-order valence-corrected chi connectivity index (χ3v) is 8.69. The van der Waals surface area contributed by atoms with Gasteiger partial charge in [0.25, 0.3) is 0 Å². The van der Waals surface area contributed by atoms with E-state index in [1.165, 1.54) is 27.2 Å². The monoisotopic (exact) mass is 727 g/mol. The van der Waals surface area contributed by atoms with E-state index in [9.17, 15) is 49.4 Å². The molecule has 272 valence electrons. The molecule has 4 aromatic carbocycles. The number of aliphatic hydroxyl groups is 1. The lowest BCUT2D eigenvalue weighted by Gasteiger charge is -2.26. The molecule has 1 heterocycles. The minimum atomic E-state index is -5.14. The largest absolute Gasteiger partial charge is 0.496 e. The second kappa shape index (κ2) is 13.8. The van der Waals surface area contributed by atoms with Crippen molar-refractivity contribution in [3.63, 3.8) is 0 Å². The summed E-state index contributed by atoms with van der Waals surface area (Å²) in [6.07, 6.45) is -18.5. The zero-order valence-corrected chi connectivity index (χ0v) is 27.3. The van der Waals surface area contributed by atoms with Gasteiger partial charge in [-0.1, -0.05) is 18.2 Å². The standard InChI is InChI=1S/C36H30F9NO5/c1-18-11-21(32(47)50-4)5-8-27(18)20-6-10-30(49-3)29(15-20)28-9-7-24(34(37,38)39)14-23(28)17-46-19(2)31(51-33(46)48)22-12-25(35(40,41)42)16-26(13-22)36(43,44)45/h5-16,19,31,33,48H,17H2,1-4H3/t19-,31-,33?/m0/s1. The van der Waals surface area contributed by atoms with E-state index in [0.29, 0.717) is 39.9 Å². The quantitative estimate of drug-likeness (QED) is 0.151. The van der Waals surface area contributed by atoms with Crippen molar-refractivity contribution in [3.05, 3.63) is 112 Å². The van der Waals surface area contributed by atoms with Crippen LogP contribution < -0.4 is 4.74 Å². The van der Waals surface area contributed by atoms with Crippen molar-refractivity contribution in [1.29, 1.82) is 0 Å². The highest BCUT2D eigenvalue weighted by molar-refractivity contribution is 5.91. The average molecular weight is 728 g/mol. The summed E-state index contributed by atoms with van der Waals surface area (Å²) in [5.41, 5.74) is -1.92. The highest BCUT2D eigenvalue weighted by Gasteiger charge is 2.43. The van der Waals surface area contributed by atoms with Crippen molar-refractivity contribution < 1.29 is 63.6 Å². The van der Waals surface area contributed by atoms with Gasteiger partial charge >= 0.3 is 24.5 Å². The van der Waals surface area contributed by atoms with E-state index >= 15 is 0 Å². The number of aryl methyl sites for hydroxylation is 1. The van der Waals surface area contributed by atoms with Gasteiger partial charge in [0, 0.05) is 18.2 Å². The molecule has 0 saturated carbocycles. The number of nitrogens with zero attached hydrogens (tertiary/aromatic N) is 1. The Balaban J connectivity index is 1.58. The van der Waals surface area contributed by atoms with Crippen LogP contribution in [-0.2, 0) is 34.5 Å². The zero-order chi connectivity index (χ0) is 37.6. The fourth-order valence-corrected chi connectivity index (χ4v) is 6.10. The van der Waals surface area contributed by atoms with Crippen LogP contribution in [0, 0.1) is 6.92 Å². The fraction of sp³-hybridized carbons (Fsp3) is 0.306. The summed E-state index contributed by atoms with van der Waals surface area (Å²) >= 11 is 0. The number of esters is 1. The fourth-order valence-electron chi connectivity index (χ4n) is 6.10. The highest BCUT2D eigenvalue weighted by atomic mass is 19.4. The topological polar surface area (TPSA) is 68.2 Å². The Morgan fingerprint density at radius 3 is 1.92 bits per heavy atom. The van der Waals surface area contributed by atoms with Gasteiger partial charge in [0.15, 0.2) is 0 Å². The lowest BCUT2D eigenvalue weighted by atomic mass is 9.91. The van der Waals surface area contributed by atoms with E-state index < -0.39 is 71.9 Å². The zero-order valence-electron chi connectivity index (χ0n) is 27.3. The van der Waals surface area contributed by atoms with Crippen LogP contribution >= 0.6 is 0 Å². The molecule has 4 aromatic rings. The Bertz CT molecular complexity index is 1910. The molecule has 0 aliphatic carbocycles. The second-order valence-electron chi connectivity index (χ2n) is 11.9. The second-order valence-corrected chi connectivity index (χ2v) is 11.9.